The average Bonchev–Trinajstić information content (AvgIpc) is 2.66. The summed E-state index contributed by atoms with van der Waals surface area (Å²) in [6, 6.07) is 0. The molecule has 0 bridgehead atoms. The van der Waals surface area contributed by atoms with E-state index < -0.39 is 36.0 Å². The summed E-state index contributed by atoms with van der Waals surface area (Å²) in [6.45, 7) is 11.4. The first-order valence-electron chi connectivity index (χ1n) is 11.3. The molecule has 0 amide bonds. The van der Waals surface area contributed by atoms with Crippen molar-refractivity contribution in [1.29, 1.82) is 0 Å². The second-order valence-corrected chi connectivity index (χ2v) is 9.85. The zero-order valence-corrected chi connectivity index (χ0v) is 19.6. The van der Waals surface area contributed by atoms with Crippen molar-refractivity contribution >= 4 is 5.97 Å². The van der Waals surface area contributed by atoms with Crippen LogP contribution in [0.25, 0.3) is 0 Å². The third-order valence-electron chi connectivity index (χ3n) is 6.90. The fourth-order valence-electron chi connectivity index (χ4n) is 5.02. The fraction of sp³-hybridized carbons (Fsp3) is 0.792. The number of allylic oxidation sites excluding steroid dienone is 3. The molecule has 0 aromatic heterocycles. The molecule has 2 fully saturated rings. The molecular formula is C24H40O7. The molecule has 2 aliphatic heterocycles. The van der Waals surface area contributed by atoms with Gasteiger partial charge < -0.3 is 29.9 Å². The average molecular weight is 441 g/mol. The maximum atomic E-state index is 11.0. The quantitative estimate of drug-likeness (QED) is 0.450. The number of rotatable bonds is 7. The monoisotopic (exact) mass is 440 g/mol. The van der Waals surface area contributed by atoms with Crippen molar-refractivity contribution in [3.63, 3.8) is 0 Å². The van der Waals surface area contributed by atoms with Crippen molar-refractivity contribution in [2.45, 2.75) is 103 Å². The minimum Gasteiger partial charge on any atom is -0.481 e. The van der Waals surface area contributed by atoms with Crippen LogP contribution in [-0.4, -0.2) is 68.6 Å². The van der Waals surface area contributed by atoms with E-state index in [2.05, 4.69) is 0 Å². The van der Waals surface area contributed by atoms with Crippen molar-refractivity contribution in [3.8, 4) is 0 Å². The largest absolute Gasteiger partial charge is 0.481 e. The Kier molecular flexibility index (Phi) is 8.87. The van der Waals surface area contributed by atoms with Gasteiger partial charge in [-0.15, -0.1) is 0 Å². The van der Waals surface area contributed by atoms with Gasteiger partial charge in [0, 0.05) is 18.3 Å². The van der Waals surface area contributed by atoms with Gasteiger partial charge in [-0.3, -0.25) is 4.79 Å². The highest BCUT2D eigenvalue weighted by Crippen LogP contribution is 2.38. The van der Waals surface area contributed by atoms with E-state index in [0.717, 1.165) is 5.57 Å². The van der Waals surface area contributed by atoms with Crippen LogP contribution >= 0.6 is 0 Å². The minimum atomic E-state index is -0.933. The third kappa shape index (κ3) is 6.39. The van der Waals surface area contributed by atoms with Crippen molar-refractivity contribution < 1.29 is 34.7 Å². The molecule has 7 heteroatoms. The summed E-state index contributed by atoms with van der Waals surface area (Å²) in [6.07, 6.45) is 3.51. The van der Waals surface area contributed by atoms with E-state index in [1.54, 1.807) is 0 Å². The van der Waals surface area contributed by atoms with Crippen LogP contribution in [0.3, 0.4) is 0 Å². The highest BCUT2D eigenvalue weighted by molar-refractivity contribution is 5.67. The molecule has 0 spiro atoms. The summed E-state index contributed by atoms with van der Waals surface area (Å²) in [4.78, 5) is 11.0. The first kappa shape index (κ1) is 26.0. The van der Waals surface area contributed by atoms with Gasteiger partial charge in [-0.2, -0.15) is 0 Å². The Hall–Kier alpha value is -1.25. The molecule has 2 heterocycles. The Bertz CT molecular complexity index is 675. The molecule has 2 aliphatic rings. The molecule has 0 aliphatic carbocycles. The highest BCUT2D eigenvalue weighted by Gasteiger charge is 2.48. The van der Waals surface area contributed by atoms with Crippen LogP contribution in [0, 0.1) is 17.8 Å². The van der Waals surface area contributed by atoms with Crippen LogP contribution in [0.1, 0.15) is 60.8 Å². The number of carboxylic acid groups (broad SMARTS) is 1. The normalized spacial score (nSPS) is 43.2. The molecule has 2 rings (SSSR count). The van der Waals surface area contributed by atoms with Gasteiger partial charge in [0.1, 0.15) is 0 Å². The number of hydrogen-bond donors (Lipinski definition) is 4. The highest BCUT2D eigenvalue weighted by atomic mass is 16.5. The van der Waals surface area contributed by atoms with E-state index in [1.807, 2.05) is 59.8 Å². The smallest absolute Gasteiger partial charge is 0.305 e. The van der Waals surface area contributed by atoms with Gasteiger partial charge >= 0.3 is 5.97 Å². The predicted molar refractivity (Wildman–Crippen MR) is 118 cm³/mol. The Morgan fingerprint density at radius 2 is 1.84 bits per heavy atom. The van der Waals surface area contributed by atoms with Crippen LogP contribution < -0.4 is 0 Å². The second kappa shape index (κ2) is 10.6. The van der Waals surface area contributed by atoms with Gasteiger partial charge in [-0.05, 0) is 38.7 Å². The van der Waals surface area contributed by atoms with Crippen LogP contribution in [0.4, 0.5) is 0 Å². The van der Waals surface area contributed by atoms with Crippen LogP contribution in [0.5, 0.6) is 0 Å². The number of aliphatic hydroxyl groups is 3. The lowest BCUT2D eigenvalue weighted by molar-refractivity contribution is -0.241. The van der Waals surface area contributed by atoms with Crippen LogP contribution in [0.15, 0.2) is 23.8 Å². The zero-order valence-electron chi connectivity index (χ0n) is 19.6. The van der Waals surface area contributed by atoms with E-state index >= 15 is 0 Å². The number of aliphatic hydroxyl groups excluding tert-OH is 3. The van der Waals surface area contributed by atoms with E-state index in [0.29, 0.717) is 12.8 Å². The molecule has 4 N–H and O–H groups in total. The van der Waals surface area contributed by atoms with Gasteiger partial charge in [0.25, 0.3) is 0 Å². The van der Waals surface area contributed by atoms with Crippen LogP contribution in [0.2, 0.25) is 0 Å². The van der Waals surface area contributed by atoms with Gasteiger partial charge in [0.05, 0.1) is 48.6 Å². The van der Waals surface area contributed by atoms with E-state index in [1.165, 1.54) is 0 Å². The number of carboxylic acids is 1. The van der Waals surface area contributed by atoms with Crippen LogP contribution in [-0.2, 0) is 14.3 Å². The molecule has 10 atom stereocenters. The first-order valence-corrected chi connectivity index (χ1v) is 11.3. The van der Waals surface area contributed by atoms with Gasteiger partial charge in [-0.25, -0.2) is 0 Å². The molecule has 2 saturated heterocycles. The van der Waals surface area contributed by atoms with Crippen molar-refractivity contribution in [3.05, 3.63) is 23.8 Å². The van der Waals surface area contributed by atoms with Crippen molar-refractivity contribution in [1.82, 2.24) is 0 Å². The molecule has 0 saturated carbocycles. The first-order chi connectivity index (χ1) is 14.4. The predicted octanol–water partition coefficient (Wildman–Crippen LogP) is 2.68. The number of carbonyl (C=O) groups is 1. The number of ether oxygens (including phenoxy) is 2. The molecular weight excluding hydrogens is 400 g/mol. The summed E-state index contributed by atoms with van der Waals surface area (Å²) in [5.41, 5.74) is 0.186. The lowest BCUT2D eigenvalue weighted by Crippen LogP contribution is -2.59. The Labute approximate surface area is 185 Å². The summed E-state index contributed by atoms with van der Waals surface area (Å²) < 4.78 is 12.0. The number of hydrogen-bond acceptors (Lipinski definition) is 6. The van der Waals surface area contributed by atoms with Crippen molar-refractivity contribution in [2.24, 2.45) is 17.8 Å². The summed E-state index contributed by atoms with van der Waals surface area (Å²) in [5.74, 6) is -1.19. The van der Waals surface area contributed by atoms with E-state index in [9.17, 15) is 20.1 Å². The fourth-order valence-corrected chi connectivity index (χ4v) is 5.02. The zero-order chi connectivity index (χ0) is 23.5. The standard InChI is InChI=1S/C24H40O7/c1-13(12-24(6)23(29)16(4)21(28)17(5)31-24)8-7-9-14(2)22-15(3)19(25)10-18(30-22)11-20(26)27/h7-9,13,15-19,21-23,25,28-29H,10-12H2,1-6H3,(H,26,27)/b8-7+,14-9+/t13-,15+,16-,17-,18-,19-,21-,22-,23-,24+/m1/s1. The number of aliphatic carboxylic acids is 1. The molecule has 178 valence electrons. The molecule has 31 heavy (non-hydrogen) atoms. The maximum absolute atomic E-state index is 11.0. The molecule has 0 radical (unpaired) electrons. The molecule has 0 aromatic carbocycles. The SMILES string of the molecule is C/C(=C\C=C\[C@@H](C)C[C@]1(C)O[C@H](C)[C@H](O)[C@@H](C)[C@H]1O)[C@H]1O[C@@H](CC(=O)O)C[C@@H](O)[C@@H]1C. The lowest BCUT2D eigenvalue weighted by Gasteiger charge is -2.48. The third-order valence-corrected chi connectivity index (χ3v) is 6.90. The van der Waals surface area contributed by atoms with Gasteiger partial charge in [0.15, 0.2) is 0 Å². The molecule has 7 nitrogen and oxygen atoms in total. The Morgan fingerprint density at radius 1 is 1.19 bits per heavy atom. The Morgan fingerprint density at radius 3 is 2.45 bits per heavy atom. The second-order valence-electron chi connectivity index (χ2n) is 9.85. The van der Waals surface area contributed by atoms with Crippen molar-refractivity contribution in [2.75, 3.05) is 0 Å². The van der Waals surface area contributed by atoms with Gasteiger partial charge in [-0.1, -0.05) is 39.0 Å². The topological polar surface area (TPSA) is 116 Å². The maximum Gasteiger partial charge on any atom is 0.305 e. The summed E-state index contributed by atoms with van der Waals surface area (Å²) in [5, 5.41) is 40.2. The van der Waals surface area contributed by atoms with Gasteiger partial charge in [0.2, 0.25) is 0 Å². The molecule has 0 aromatic rings. The van der Waals surface area contributed by atoms with E-state index in [4.69, 9.17) is 14.6 Å². The minimum absolute atomic E-state index is 0.118. The Balaban J connectivity index is 2.01. The lowest BCUT2D eigenvalue weighted by atomic mass is 9.77. The van der Waals surface area contributed by atoms with E-state index in [-0.39, 0.29) is 36.4 Å². The summed E-state index contributed by atoms with van der Waals surface area (Å²) in [7, 11) is 0. The molecule has 0 unspecified atom stereocenters. The summed E-state index contributed by atoms with van der Waals surface area (Å²) >= 11 is 0.